The Hall–Kier alpha value is -9.58. The lowest BCUT2D eigenvalue weighted by atomic mass is 9.92. The average Bonchev–Trinajstić information content (AvgIpc) is 0.804. The minimum absolute atomic E-state index is 0.000571. The monoisotopic (exact) mass is 1840 g/mol. The fraction of sp³-hybridized carbons (Fsp3) is 0.626. The Kier molecular flexibility index (Phi) is 54.3. The van der Waals surface area contributed by atoms with Crippen LogP contribution in [0, 0.1) is 29.2 Å². The standard InChI is InChI=1S/C91H132F4N4O30/c1-88(2,3)126-79(104)61-122-69-21-15-64(16-22-69)56-67(85(107)96-30-36-114-42-48-120-54-52-119-47-41-113-35-29-78(103)99-75(86(108)125-84-82(94)72(92)60-73(93)83(84)95)58-66-19-25-71(26-20-66)124-63-81(106)128-90(7,8)9)59-68(100)27-33-111-39-45-117-51-50-116-44-38-110-32-13-14-76(101)74(57-65-17-23-70(24-18-65)123-62-80(105)127-89(4,5)6)98-77(102)28-34-112-40-46-118-53-55-121-49-43-115-37-31-97-87(109)129-91(10,11)12/h15-26,60,67,74-75H,13-14,27-59,61-63H2,1-12H3,(H,96,107)(H,97,109)(H,98,102)(H,99,103). The molecule has 0 aromatic heterocycles. The van der Waals surface area contributed by atoms with Gasteiger partial charge in [-0.1, -0.05) is 36.4 Å². The summed E-state index contributed by atoms with van der Waals surface area (Å²) in [6, 6.07) is 17.0. The maximum atomic E-state index is 14.5. The first-order valence-corrected chi connectivity index (χ1v) is 43.0. The van der Waals surface area contributed by atoms with E-state index in [9.17, 15) is 65.5 Å². The zero-order valence-corrected chi connectivity index (χ0v) is 76.4. The van der Waals surface area contributed by atoms with E-state index in [4.69, 9.17) is 94.7 Å². The molecule has 4 aromatic rings. The molecule has 724 valence electrons. The Balaban J connectivity index is 1.10. The quantitative estimate of drug-likeness (QED) is 0.00799. The van der Waals surface area contributed by atoms with Crippen LogP contribution >= 0.6 is 0 Å². The highest BCUT2D eigenvalue weighted by Gasteiger charge is 2.31. The van der Waals surface area contributed by atoms with Crippen LogP contribution in [-0.2, 0) is 138 Å². The van der Waals surface area contributed by atoms with Gasteiger partial charge in [0, 0.05) is 70.2 Å². The minimum atomic E-state index is -1.96. The fourth-order valence-corrected chi connectivity index (χ4v) is 11.1. The molecule has 0 aliphatic carbocycles. The number of ketones is 2. The fourth-order valence-electron chi connectivity index (χ4n) is 11.1. The van der Waals surface area contributed by atoms with Crippen molar-refractivity contribution in [1.29, 1.82) is 0 Å². The number of Topliss-reactive ketones (excluding diaryl/α,β-unsaturated/α-hetero) is 2. The third-order valence-electron chi connectivity index (χ3n) is 16.9. The van der Waals surface area contributed by atoms with Gasteiger partial charge in [-0.2, -0.15) is 8.78 Å². The largest absolute Gasteiger partial charge is 0.482 e. The molecule has 4 rings (SSSR count). The van der Waals surface area contributed by atoms with E-state index in [1.807, 2.05) is 0 Å². The van der Waals surface area contributed by atoms with Gasteiger partial charge in [-0.25, -0.2) is 32.8 Å². The summed E-state index contributed by atoms with van der Waals surface area (Å²) in [7, 11) is 0. The van der Waals surface area contributed by atoms with Crippen molar-refractivity contribution in [2.75, 3.05) is 191 Å². The number of rotatable bonds is 69. The number of hydrogen-bond acceptors (Lipinski definition) is 30. The molecule has 0 radical (unpaired) electrons. The van der Waals surface area contributed by atoms with Crippen LogP contribution in [0.1, 0.15) is 138 Å². The van der Waals surface area contributed by atoms with Gasteiger partial charge in [0.05, 0.1) is 158 Å². The lowest BCUT2D eigenvalue weighted by molar-refractivity contribution is -0.158. The van der Waals surface area contributed by atoms with Gasteiger partial charge in [0.2, 0.25) is 35.1 Å². The van der Waals surface area contributed by atoms with Crippen molar-refractivity contribution in [2.45, 2.75) is 175 Å². The van der Waals surface area contributed by atoms with Crippen LogP contribution < -0.4 is 40.2 Å². The van der Waals surface area contributed by atoms with E-state index < -0.39 is 112 Å². The molecular formula is C91H132F4N4O30. The Morgan fingerprint density at radius 3 is 1.02 bits per heavy atom. The van der Waals surface area contributed by atoms with Crippen LogP contribution in [0.15, 0.2) is 78.9 Å². The summed E-state index contributed by atoms with van der Waals surface area (Å²) in [5.41, 5.74) is -0.832. The van der Waals surface area contributed by atoms with Gasteiger partial charge in [-0.15, -0.1) is 0 Å². The van der Waals surface area contributed by atoms with E-state index >= 15 is 0 Å². The van der Waals surface area contributed by atoms with Crippen LogP contribution in [0.4, 0.5) is 22.4 Å². The Labute approximate surface area is 752 Å². The van der Waals surface area contributed by atoms with Crippen molar-refractivity contribution in [1.82, 2.24) is 21.3 Å². The van der Waals surface area contributed by atoms with Gasteiger partial charge in [0.15, 0.2) is 37.2 Å². The maximum absolute atomic E-state index is 14.5. The molecule has 4 aromatic carbocycles. The number of hydrogen-bond donors (Lipinski definition) is 4. The average molecular weight is 1840 g/mol. The summed E-state index contributed by atoms with van der Waals surface area (Å²) < 4.78 is 167. The number of amides is 4. The molecule has 3 unspecified atom stereocenters. The van der Waals surface area contributed by atoms with Crippen LogP contribution in [0.25, 0.3) is 0 Å². The Bertz CT molecular complexity index is 3920. The second kappa shape index (κ2) is 62.7. The molecule has 0 aliphatic heterocycles. The van der Waals surface area contributed by atoms with Crippen LogP contribution in [-0.4, -0.2) is 285 Å². The van der Waals surface area contributed by atoms with E-state index in [0.717, 1.165) is 11.1 Å². The number of ether oxygens (including phenoxy) is 20. The highest BCUT2D eigenvalue weighted by molar-refractivity contribution is 5.90. The zero-order chi connectivity index (χ0) is 94.9. The predicted octanol–water partition coefficient (Wildman–Crippen LogP) is 8.94. The van der Waals surface area contributed by atoms with Crippen molar-refractivity contribution >= 4 is 59.3 Å². The molecule has 4 amide bonds. The summed E-state index contributed by atoms with van der Waals surface area (Å²) in [6.07, 6.45) is -0.294. The predicted molar refractivity (Wildman–Crippen MR) is 459 cm³/mol. The van der Waals surface area contributed by atoms with Gasteiger partial charge < -0.3 is 116 Å². The van der Waals surface area contributed by atoms with Crippen molar-refractivity contribution in [3.8, 4) is 23.0 Å². The summed E-state index contributed by atoms with van der Waals surface area (Å²) >= 11 is 0. The normalized spacial score (nSPS) is 12.4. The molecule has 0 fully saturated rings. The Morgan fingerprint density at radius 1 is 0.341 bits per heavy atom. The van der Waals surface area contributed by atoms with Crippen LogP contribution in [0.2, 0.25) is 0 Å². The van der Waals surface area contributed by atoms with Crippen LogP contribution in [0.3, 0.4) is 0 Å². The van der Waals surface area contributed by atoms with Gasteiger partial charge in [-0.05, 0) is 155 Å². The van der Waals surface area contributed by atoms with E-state index in [1.165, 1.54) is 24.3 Å². The molecule has 0 heterocycles. The van der Waals surface area contributed by atoms with E-state index in [0.29, 0.717) is 63.1 Å². The summed E-state index contributed by atoms with van der Waals surface area (Å²) in [6.45, 7) is 25.3. The second-order valence-corrected chi connectivity index (χ2v) is 33.0. The molecule has 0 aliphatic rings. The summed E-state index contributed by atoms with van der Waals surface area (Å²) in [5.74, 6) is -13.9. The van der Waals surface area contributed by atoms with Gasteiger partial charge in [0.1, 0.15) is 51.5 Å². The number of alkyl carbamates (subject to hydrolysis) is 1. The molecule has 38 heteroatoms. The molecule has 129 heavy (non-hydrogen) atoms. The number of benzene rings is 4. The smallest absolute Gasteiger partial charge is 0.407 e. The summed E-state index contributed by atoms with van der Waals surface area (Å²) in [5, 5.41) is 10.7. The van der Waals surface area contributed by atoms with Gasteiger partial charge >= 0.3 is 30.0 Å². The molecule has 3 atom stereocenters. The number of carbonyl (C=O) groups excluding carboxylic acids is 10. The van der Waals surface area contributed by atoms with Crippen LogP contribution in [0.5, 0.6) is 23.0 Å². The topological polar surface area (TPSA) is 403 Å². The first-order valence-electron chi connectivity index (χ1n) is 43.0. The lowest BCUT2D eigenvalue weighted by Gasteiger charge is -2.20. The third-order valence-corrected chi connectivity index (χ3v) is 16.9. The molecule has 0 saturated heterocycles. The minimum Gasteiger partial charge on any atom is -0.482 e. The first-order chi connectivity index (χ1) is 61.3. The molecular weight excluding hydrogens is 1700 g/mol. The highest BCUT2D eigenvalue weighted by atomic mass is 19.2. The number of carbonyl (C=O) groups is 10. The molecule has 0 bridgehead atoms. The molecule has 34 nitrogen and oxygen atoms in total. The molecule has 4 N–H and O–H groups in total. The molecule has 0 saturated carbocycles. The van der Waals surface area contributed by atoms with Crippen molar-refractivity contribution in [3.63, 3.8) is 0 Å². The number of esters is 4. The maximum Gasteiger partial charge on any atom is 0.407 e. The zero-order valence-electron chi connectivity index (χ0n) is 76.4. The first kappa shape index (κ1) is 112. The number of halogens is 4. The highest BCUT2D eigenvalue weighted by Crippen LogP contribution is 2.28. The van der Waals surface area contributed by atoms with Crippen molar-refractivity contribution < 1.29 is 160 Å². The lowest BCUT2D eigenvalue weighted by Crippen LogP contribution is -2.45. The van der Waals surface area contributed by atoms with E-state index in [-0.39, 0.29) is 232 Å². The van der Waals surface area contributed by atoms with Crippen molar-refractivity contribution in [3.05, 3.63) is 119 Å². The van der Waals surface area contributed by atoms with Gasteiger partial charge in [-0.3, -0.25) is 24.0 Å². The number of nitrogens with one attached hydrogen (secondary N) is 4. The van der Waals surface area contributed by atoms with Gasteiger partial charge in [0.25, 0.3) is 0 Å². The third kappa shape index (κ3) is 55.9. The van der Waals surface area contributed by atoms with E-state index in [1.54, 1.807) is 132 Å². The molecule has 0 spiro atoms. The van der Waals surface area contributed by atoms with Crippen molar-refractivity contribution in [2.24, 2.45) is 5.92 Å². The second-order valence-electron chi connectivity index (χ2n) is 33.0. The summed E-state index contributed by atoms with van der Waals surface area (Å²) in [4.78, 5) is 128. The van der Waals surface area contributed by atoms with E-state index in [2.05, 4.69) is 21.3 Å². The SMILES string of the molecule is CC(C)(C)OC(=O)COc1ccc(CC(CC(=O)CCOCCOCCOCCOCCCC(=O)C(Cc2ccc(OCC(=O)OC(C)(C)C)cc2)NC(=O)CCOCCOCCOCCOCCNC(=O)OC(C)(C)C)C(=O)NCCOCCOCCOCCOCCC(=O)NC(Cc2ccc(OCC(=O)OC(C)(C)C)cc2)C(=O)Oc2c(F)c(F)cc(F)c2F)cc1. The Morgan fingerprint density at radius 2 is 0.651 bits per heavy atom.